The summed E-state index contributed by atoms with van der Waals surface area (Å²) in [6, 6.07) is 4.97. The average molecular weight is 521 g/mol. The lowest BCUT2D eigenvalue weighted by Crippen LogP contribution is -2.53. The Morgan fingerprint density at radius 3 is 2.32 bits per heavy atom. The first-order valence-corrected chi connectivity index (χ1v) is 12.6. The standard InChI is InChI=1S/C27H32F4N4O2/c1-16(2)17-3-5-21(6-4-17)35(26(37)23-22(29)9-12-33-23)24(18-13-19(28)15-32-14-18)25(36)34-20-7-10-27(30,31)11-8-20/h3-6,13-16,20,22-24,33H,7-12H2,1-2H3,(H,34,36)/t22-,23-,24?/m1/s1. The number of rotatable bonds is 7. The van der Waals surface area contributed by atoms with Crippen LogP contribution in [0.3, 0.4) is 0 Å². The van der Waals surface area contributed by atoms with Gasteiger partial charge in [-0.25, -0.2) is 17.6 Å². The molecule has 4 rings (SSSR count). The van der Waals surface area contributed by atoms with E-state index in [1.165, 1.54) is 11.1 Å². The van der Waals surface area contributed by atoms with Gasteiger partial charge < -0.3 is 10.6 Å². The smallest absolute Gasteiger partial charge is 0.248 e. The van der Waals surface area contributed by atoms with Crippen molar-refractivity contribution in [3.63, 3.8) is 0 Å². The van der Waals surface area contributed by atoms with Gasteiger partial charge in [-0.2, -0.15) is 0 Å². The Labute approximate surface area is 213 Å². The molecule has 2 amide bonds. The summed E-state index contributed by atoms with van der Waals surface area (Å²) in [5.74, 6) is -4.63. The first kappa shape index (κ1) is 27.0. The number of aromatic nitrogens is 1. The van der Waals surface area contributed by atoms with Crippen molar-refractivity contribution in [3.8, 4) is 0 Å². The van der Waals surface area contributed by atoms with Crippen LogP contribution in [0.5, 0.6) is 0 Å². The number of nitrogens with one attached hydrogen (secondary N) is 2. The molecule has 0 radical (unpaired) electrons. The first-order chi connectivity index (χ1) is 17.6. The molecular weight excluding hydrogens is 488 g/mol. The van der Waals surface area contributed by atoms with Gasteiger partial charge in [0.1, 0.15) is 24.1 Å². The average Bonchev–Trinajstić information content (AvgIpc) is 3.29. The van der Waals surface area contributed by atoms with Gasteiger partial charge in [0, 0.05) is 36.3 Å². The van der Waals surface area contributed by atoms with E-state index >= 15 is 0 Å². The Bertz CT molecular complexity index is 1100. The van der Waals surface area contributed by atoms with Crippen LogP contribution in [0.2, 0.25) is 0 Å². The summed E-state index contributed by atoms with van der Waals surface area (Å²) in [6.07, 6.45) is 0.353. The number of alkyl halides is 3. The number of hydrogen-bond acceptors (Lipinski definition) is 4. The minimum absolute atomic E-state index is 0.0701. The predicted molar refractivity (Wildman–Crippen MR) is 132 cm³/mol. The third-order valence-electron chi connectivity index (χ3n) is 7.10. The zero-order valence-corrected chi connectivity index (χ0v) is 20.9. The fourth-order valence-corrected chi connectivity index (χ4v) is 4.95. The lowest BCUT2D eigenvalue weighted by atomic mass is 9.91. The third kappa shape index (κ3) is 6.29. The number of benzene rings is 1. The van der Waals surface area contributed by atoms with Gasteiger partial charge in [-0.05, 0) is 55.5 Å². The van der Waals surface area contributed by atoms with Gasteiger partial charge in [0.2, 0.25) is 17.7 Å². The fraction of sp³-hybridized carbons (Fsp3) is 0.519. The molecule has 2 heterocycles. The maximum atomic E-state index is 14.7. The molecule has 1 unspecified atom stereocenters. The van der Waals surface area contributed by atoms with Gasteiger partial charge >= 0.3 is 0 Å². The molecule has 2 fully saturated rings. The maximum absolute atomic E-state index is 14.7. The number of carbonyl (C=O) groups excluding carboxylic acids is 2. The van der Waals surface area contributed by atoms with Crippen molar-refractivity contribution in [1.29, 1.82) is 0 Å². The molecule has 1 aliphatic heterocycles. The van der Waals surface area contributed by atoms with Crippen molar-refractivity contribution in [2.24, 2.45) is 0 Å². The molecule has 1 saturated heterocycles. The van der Waals surface area contributed by atoms with E-state index in [0.717, 1.165) is 17.8 Å². The van der Waals surface area contributed by atoms with Crippen molar-refractivity contribution >= 4 is 17.5 Å². The Hall–Kier alpha value is -3.01. The number of nitrogens with zero attached hydrogens (tertiary/aromatic N) is 2. The van der Waals surface area contributed by atoms with Crippen LogP contribution in [0, 0.1) is 5.82 Å². The summed E-state index contributed by atoms with van der Waals surface area (Å²) in [6.45, 7) is 4.32. The van der Waals surface area contributed by atoms with Crippen molar-refractivity contribution in [2.45, 2.75) is 82.1 Å². The summed E-state index contributed by atoms with van der Waals surface area (Å²) in [5, 5.41) is 5.64. The van der Waals surface area contributed by atoms with Crippen LogP contribution in [0.1, 0.15) is 69.0 Å². The van der Waals surface area contributed by atoms with Gasteiger partial charge in [0.25, 0.3) is 0 Å². The van der Waals surface area contributed by atoms with Crippen LogP contribution < -0.4 is 15.5 Å². The van der Waals surface area contributed by atoms with Crippen molar-refractivity contribution in [3.05, 3.63) is 59.7 Å². The highest BCUT2D eigenvalue weighted by Gasteiger charge is 2.43. The minimum atomic E-state index is -2.78. The monoisotopic (exact) mass is 520 g/mol. The van der Waals surface area contributed by atoms with E-state index in [1.54, 1.807) is 12.1 Å². The summed E-state index contributed by atoms with van der Waals surface area (Å²) >= 11 is 0. The van der Waals surface area contributed by atoms with Crippen LogP contribution >= 0.6 is 0 Å². The molecule has 0 spiro atoms. The van der Waals surface area contributed by atoms with Gasteiger partial charge in [-0.1, -0.05) is 26.0 Å². The molecule has 37 heavy (non-hydrogen) atoms. The highest BCUT2D eigenvalue weighted by Crippen LogP contribution is 2.35. The van der Waals surface area contributed by atoms with Gasteiger partial charge in [-0.3, -0.25) is 19.5 Å². The molecule has 200 valence electrons. The summed E-state index contributed by atoms with van der Waals surface area (Å²) in [5.41, 5.74) is 1.42. The molecule has 0 bridgehead atoms. The van der Waals surface area contributed by atoms with Crippen molar-refractivity contribution in [1.82, 2.24) is 15.6 Å². The Balaban J connectivity index is 1.74. The lowest BCUT2D eigenvalue weighted by Gasteiger charge is -2.35. The zero-order valence-electron chi connectivity index (χ0n) is 20.9. The molecule has 1 aliphatic carbocycles. The van der Waals surface area contributed by atoms with Gasteiger partial charge in [-0.15, -0.1) is 0 Å². The molecule has 1 aromatic heterocycles. The van der Waals surface area contributed by atoms with E-state index in [9.17, 15) is 27.2 Å². The zero-order chi connectivity index (χ0) is 26.7. The molecule has 2 N–H and O–H groups in total. The molecule has 1 saturated carbocycles. The number of amides is 2. The second-order valence-electron chi connectivity index (χ2n) is 10.2. The molecular formula is C27H32F4N4O2. The number of anilines is 1. The van der Waals surface area contributed by atoms with Crippen LogP contribution in [0.15, 0.2) is 42.7 Å². The maximum Gasteiger partial charge on any atom is 0.248 e. The quantitative estimate of drug-likeness (QED) is 0.514. The molecule has 2 aromatic rings. The Kier molecular flexibility index (Phi) is 8.16. The Morgan fingerprint density at radius 1 is 1.08 bits per heavy atom. The number of hydrogen-bond donors (Lipinski definition) is 2. The van der Waals surface area contributed by atoms with E-state index in [4.69, 9.17) is 0 Å². The Morgan fingerprint density at radius 2 is 1.76 bits per heavy atom. The van der Waals surface area contributed by atoms with E-state index in [2.05, 4.69) is 15.6 Å². The van der Waals surface area contributed by atoms with Gasteiger partial charge in [0.15, 0.2) is 0 Å². The van der Waals surface area contributed by atoms with E-state index in [1.807, 2.05) is 26.0 Å². The molecule has 10 heteroatoms. The summed E-state index contributed by atoms with van der Waals surface area (Å²) < 4.78 is 56.3. The molecule has 2 aliphatic rings. The van der Waals surface area contributed by atoms with E-state index in [0.29, 0.717) is 12.2 Å². The van der Waals surface area contributed by atoms with E-state index in [-0.39, 0.29) is 43.6 Å². The second kappa shape index (κ2) is 11.2. The third-order valence-corrected chi connectivity index (χ3v) is 7.10. The number of pyridine rings is 1. The molecule has 1 aromatic carbocycles. The van der Waals surface area contributed by atoms with E-state index < -0.39 is 47.9 Å². The topological polar surface area (TPSA) is 74.3 Å². The summed E-state index contributed by atoms with van der Waals surface area (Å²) in [4.78, 5) is 32.5. The number of carbonyl (C=O) groups is 2. The normalized spacial score (nSPS) is 22.6. The summed E-state index contributed by atoms with van der Waals surface area (Å²) in [7, 11) is 0. The van der Waals surface area contributed by atoms with Crippen LogP contribution in [0.4, 0.5) is 23.2 Å². The highest BCUT2D eigenvalue weighted by molar-refractivity contribution is 6.04. The lowest BCUT2D eigenvalue weighted by molar-refractivity contribution is -0.129. The fourth-order valence-electron chi connectivity index (χ4n) is 4.95. The highest BCUT2D eigenvalue weighted by atomic mass is 19.3. The minimum Gasteiger partial charge on any atom is -0.351 e. The van der Waals surface area contributed by atoms with Crippen molar-refractivity contribution in [2.75, 3.05) is 11.4 Å². The van der Waals surface area contributed by atoms with Crippen LogP contribution in [-0.2, 0) is 9.59 Å². The molecule has 6 nitrogen and oxygen atoms in total. The number of halogens is 4. The molecule has 3 atom stereocenters. The van der Waals surface area contributed by atoms with Crippen LogP contribution in [-0.4, -0.2) is 47.5 Å². The van der Waals surface area contributed by atoms with Gasteiger partial charge in [0.05, 0.1) is 6.20 Å². The van der Waals surface area contributed by atoms with Crippen LogP contribution in [0.25, 0.3) is 0 Å². The largest absolute Gasteiger partial charge is 0.351 e. The first-order valence-electron chi connectivity index (χ1n) is 12.6. The predicted octanol–water partition coefficient (Wildman–Crippen LogP) is 4.81. The second-order valence-corrected chi connectivity index (χ2v) is 10.2. The SMILES string of the molecule is CC(C)c1ccc(N(C(=O)[C@@H]2NCC[C@H]2F)C(C(=O)NC2CCC(F)(F)CC2)c2cncc(F)c2)cc1. The van der Waals surface area contributed by atoms with Crippen molar-refractivity contribution < 1.29 is 27.2 Å².